The van der Waals surface area contributed by atoms with Crippen LogP contribution in [0.5, 0.6) is 11.5 Å². The van der Waals surface area contributed by atoms with Crippen LogP contribution >= 0.6 is 0 Å². The topological polar surface area (TPSA) is 73.6 Å². The Morgan fingerprint density at radius 2 is 2.18 bits per heavy atom. The molecule has 10 heteroatoms. The van der Waals surface area contributed by atoms with Crippen molar-refractivity contribution >= 4 is 11.6 Å². The van der Waals surface area contributed by atoms with Crippen LogP contribution in [0, 0.1) is 5.82 Å². The highest BCUT2D eigenvalue weighted by Crippen LogP contribution is 2.40. The first-order chi connectivity index (χ1) is 13.5. The van der Waals surface area contributed by atoms with Crippen LogP contribution in [0.25, 0.3) is 5.65 Å². The lowest BCUT2D eigenvalue weighted by molar-refractivity contribution is -0.134. The standard InChI is InChI=1S/C18H16F3N5O2/c19-13-1-2-14-11(3-4-27-14)12(13)7-22-17-23-8-15(16-25-24-9-26(16)17)28-10-5-18(20,21)6-10/h1-2,8-10H,3-7H2,(H,22,23). The van der Waals surface area contributed by atoms with Gasteiger partial charge in [0.15, 0.2) is 5.75 Å². The average Bonchev–Trinajstić information content (AvgIpc) is 3.30. The summed E-state index contributed by atoms with van der Waals surface area (Å²) in [6.07, 6.45) is 2.27. The van der Waals surface area contributed by atoms with E-state index in [-0.39, 0.29) is 31.0 Å². The number of hydrogen-bond acceptors (Lipinski definition) is 6. The second kappa shape index (κ2) is 6.25. The van der Waals surface area contributed by atoms with Gasteiger partial charge in [0.2, 0.25) is 11.6 Å². The Balaban J connectivity index is 1.37. The number of hydrogen-bond donors (Lipinski definition) is 1. The summed E-state index contributed by atoms with van der Waals surface area (Å²) in [5.74, 6) is -1.62. The fourth-order valence-corrected chi connectivity index (χ4v) is 3.55. The maximum Gasteiger partial charge on any atom is 0.255 e. The second-order valence-corrected chi connectivity index (χ2v) is 6.93. The maximum atomic E-state index is 14.3. The van der Waals surface area contributed by atoms with Gasteiger partial charge in [0.1, 0.15) is 24.0 Å². The van der Waals surface area contributed by atoms with E-state index in [2.05, 4.69) is 20.5 Å². The number of alkyl halides is 2. The van der Waals surface area contributed by atoms with E-state index in [1.54, 1.807) is 10.5 Å². The lowest BCUT2D eigenvalue weighted by atomic mass is 9.91. The van der Waals surface area contributed by atoms with Gasteiger partial charge in [-0.2, -0.15) is 0 Å². The van der Waals surface area contributed by atoms with Gasteiger partial charge >= 0.3 is 0 Å². The fraction of sp³-hybridized carbons (Fsp3) is 0.389. The highest BCUT2D eigenvalue weighted by molar-refractivity contribution is 5.56. The number of halogens is 3. The quantitative estimate of drug-likeness (QED) is 0.721. The molecule has 3 heterocycles. The third-order valence-corrected chi connectivity index (χ3v) is 5.01. The van der Waals surface area contributed by atoms with Gasteiger partial charge in [-0.25, -0.2) is 22.6 Å². The fourth-order valence-electron chi connectivity index (χ4n) is 3.55. The van der Waals surface area contributed by atoms with Crippen LogP contribution in [-0.4, -0.2) is 38.2 Å². The molecule has 0 unspecified atom stereocenters. The Morgan fingerprint density at radius 1 is 1.32 bits per heavy atom. The van der Waals surface area contributed by atoms with Gasteiger partial charge in [-0.1, -0.05) is 0 Å². The molecule has 2 aromatic heterocycles. The Kier molecular flexibility index (Phi) is 3.81. The molecule has 1 fully saturated rings. The number of nitrogens with zero attached hydrogens (tertiary/aromatic N) is 4. The molecule has 1 N–H and O–H groups in total. The second-order valence-electron chi connectivity index (χ2n) is 6.93. The van der Waals surface area contributed by atoms with Crippen LogP contribution in [0.1, 0.15) is 24.0 Å². The minimum Gasteiger partial charge on any atom is -0.493 e. The first-order valence-corrected chi connectivity index (χ1v) is 8.90. The number of nitrogens with one attached hydrogen (secondary N) is 1. The zero-order valence-electron chi connectivity index (χ0n) is 14.7. The van der Waals surface area contributed by atoms with Crippen molar-refractivity contribution < 1.29 is 22.6 Å². The zero-order valence-corrected chi connectivity index (χ0v) is 14.7. The first kappa shape index (κ1) is 17.1. The van der Waals surface area contributed by atoms with Crippen LogP contribution in [0.4, 0.5) is 19.1 Å². The van der Waals surface area contributed by atoms with E-state index in [1.807, 2.05) is 0 Å². The summed E-state index contributed by atoms with van der Waals surface area (Å²) in [7, 11) is 0. The van der Waals surface area contributed by atoms with Gasteiger partial charge in [-0.05, 0) is 12.1 Å². The van der Waals surface area contributed by atoms with Crippen LogP contribution in [0.2, 0.25) is 0 Å². The van der Waals surface area contributed by atoms with E-state index in [0.717, 1.165) is 5.56 Å². The summed E-state index contributed by atoms with van der Waals surface area (Å²) < 4.78 is 52.9. The van der Waals surface area contributed by atoms with Gasteiger partial charge in [-0.3, -0.25) is 0 Å². The summed E-state index contributed by atoms with van der Waals surface area (Å²) in [5.41, 5.74) is 1.73. The molecule has 0 spiro atoms. The molecule has 5 rings (SSSR count). The van der Waals surface area contributed by atoms with E-state index in [0.29, 0.717) is 35.9 Å². The molecule has 0 bridgehead atoms. The molecular weight excluding hydrogens is 375 g/mol. The smallest absolute Gasteiger partial charge is 0.255 e. The van der Waals surface area contributed by atoms with Crippen molar-refractivity contribution in [3.63, 3.8) is 0 Å². The van der Waals surface area contributed by atoms with Gasteiger partial charge in [0.05, 0.1) is 12.8 Å². The van der Waals surface area contributed by atoms with Crippen LogP contribution in [0.15, 0.2) is 24.7 Å². The van der Waals surface area contributed by atoms with Crippen molar-refractivity contribution in [2.24, 2.45) is 0 Å². The van der Waals surface area contributed by atoms with E-state index in [4.69, 9.17) is 9.47 Å². The molecule has 1 aliphatic heterocycles. The Morgan fingerprint density at radius 3 is 3.00 bits per heavy atom. The molecule has 28 heavy (non-hydrogen) atoms. The van der Waals surface area contributed by atoms with Gasteiger partial charge in [0.25, 0.3) is 5.92 Å². The van der Waals surface area contributed by atoms with Crippen molar-refractivity contribution in [2.75, 3.05) is 11.9 Å². The maximum absolute atomic E-state index is 14.3. The normalized spacial score (nSPS) is 17.8. The highest BCUT2D eigenvalue weighted by atomic mass is 19.3. The molecule has 1 aromatic carbocycles. The molecule has 0 amide bonds. The van der Waals surface area contributed by atoms with Gasteiger partial charge < -0.3 is 14.8 Å². The summed E-state index contributed by atoms with van der Waals surface area (Å²) in [4.78, 5) is 4.27. The Labute approximate surface area is 157 Å². The lowest BCUT2D eigenvalue weighted by Gasteiger charge is -2.34. The van der Waals surface area contributed by atoms with Crippen molar-refractivity contribution in [1.82, 2.24) is 19.6 Å². The Bertz CT molecular complexity index is 1050. The van der Waals surface area contributed by atoms with E-state index >= 15 is 0 Å². The molecule has 7 nitrogen and oxygen atoms in total. The summed E-state index contributed by atoms with van der Waals surface area (Å²) in [6, 6.07) is 3.02. The number of benzene rings is 1. The van der Waals surface area contributed by atoms with Crippen molar-refractivity contribution in [1.29, 1.82) is 0 Å². The van der Waals surface area contributed by atoms with E-state index in [9.17, 15) is 13.2 Å². The number of aromatic nitrogens is 4. The predicted molar refractivity (Wildman–Crippen MR) is 92.3 cm³/mol. The van der Waals surface area contributed by atoms with Crippen molar-refractivity contribution in [3.8, 4) is 11.5 Å². The first-order valence-electron chi connectivity index (χ1n) is 8.90. The van der Waals surface area contributed by atoms with Gasteiger partial charge in [-0.15, -0.1) is 10.2 Å². The largest absolute Gasteiger partial charge is 0.493 e. The molecule has 0 saturated heterocycles. The van der Waals surface area contributed by atoms with Crippen LogP contribution < -0.4 is 14.8 Å². The van der Waals surface area contributed by atoms with Crippen LogP contribution in [0.3, 0.4) is 0 Å². The SMILES string of the molecule is Fc1ccc2c(c1CNc1ncc(OC3CC(F)(F)C3)c3nncn13)CCO2. The zero-order chi connectivity index (χ0) is 19.3. The predicted octanol–water partition coefficient (Wildman–Crippen LogP) is 2.99. The third kappa shape index (κ3) is 2.88. The lowest BCUT2D eigenvalue weighted by Crippen LogP contribution is -2.43. The molecule has 1 saturated carbocycles. The van der Waals surface area contributed by atoms with Crippen LogP contribution in [-0.2, 0) is 13.0 Å². The summed E-state index contributed by atoms with van der Waals surface area (Å²) in [5, 5.41) is 10.9. The molecule has 3 aromatic rings. The van der Waals surface area contributed by atoms with Crippen molar-refractivity contribution in [3.05, 3.63) is 41.6 Å². The molecule has 0 radical (unpaired) electrons. The van der Waals surface area contributed by atoms with E-state index < -0.39 is 12.0 Å². The number of anilines is 1. The monoisotopic (exact) mass is 391 g/mol. The minimum absolute atomic E-state index is 0.202. The minimum atomic E-state index is -2.67. The number of fused-ring (bicyclic) bond motifs is 2. The summed E-state index contributed by atoms with van der Waals surface area (Å²) >= 11 is 0. The molecule has 146 valence electrons. The third-order valence-electron chi connectivity index (χ3n) is 5.01. The molecule has 0 atom stereocenters. The molecule has 2 aliphatic rings. The summed E-state index contributed by atoms with van der Waals surface area (Å²) in [6.45, 7) is 0.736. The number of ether oxygens (including phenoxy) is 2. The average molecular weight is 391 g/mol. The van der Waals surface area contributed by atoms with Gasteiger partial charge in [0, 0.05) is 36.9 Å². The van der Waals surface area contributed by atoms with Crippen molar-refractivity contribution in [2.45, 2.75) is 37.8 Å². The highest BCUT2D eigenvalue weighted by Gasteiger charge is 2.47. The molecule has 1 aliphatic carbocycles. The number of rotatable bonds is 5. The Hall–Kier alpha value is -3.04. The molecular formula is C18H16F3N5O2. The van der Waals surface area contributed by atoms with E-state index in [1.165, 1.54) is 18.6 Å².